The molecule has 0 fully saturated rings. The van der Waals surface area contributed by atoms with Gasteiger partial charge in [-0.3, -0.25) is 4.90 Å². The summed E-state index contributed by atoms with van der Waals surface area (Å²) >= 11 is 0. The second-order valence-corrected chi connectivity index (χ2v) is 8.49. The average Bonchev–Trinajstić information content (AvgIpc) is 2.67. The summed E-state index contributed by atoms with van der Waals surface area (Å²) in [5.41, 5.74) is 3.05. The highest BCUT2D eigenvalue weighted by atomic mass is 16.6. The molecule has 2 aromatic carbocycles. The smallest absolute Gasteiger partial charge is 0.414 e. The van der Waals surface area contributed by atoms with Gasteiger partial charge in [0.15, 0.2) is 0 Å². The number of hydrogen-bond acceptors (Lipinski definition) is 4. The van der Waals surface area contributed by atoms with E-state index in [9.17, 15) is 4.79 Å². The van der Waals surface area contributed by atoms with Gasteiger partial charge in [-0.05, 0) is 77.9 Å². The molecule has 5 heteroatoms. The van der Waals surface area contributed by atoms with Crippen LogP contribution >= 0.6 is 0 Å². The van der Waals surface area contributed by atoms with Crippen molar-refractivity contribution in [1.82, 2.24) is 4.98 Å². The molecule has 158 valence electrons. The van der Waals surface area contributed by atoms with E-state index >= 15 is 0 Å². The third-order valence-electron chi connectivity index (χ3n) is 4.44. The van der Waals surface area contributed by atoms with Crippen LogP contribution in [0.1, 0.15) is 41.5 Å². The van der Waals surface area contributed by atoms with Crippen LogP contribution in [0, 0.1) is 0 Å². The van der Waals surface area contributed by atoms with Gasteiger partial charge in [-0.1, -0.05) is 18.2 Å². The van der Waals surface area contributed by atoms with Gasteiger partial charge in [-0.2, -0.15) is 0 Å². The first-order valence-electron chi connectivity index (χ1n) is 10.3. The van der Waals surface area contributed by atoms with Crippen LogP contribution in [-0.4, -0.2) is 29.3 Å². The lowest BCUT2D eigenvalue weighted by Gasteiger charge is -2.26. The van der Waals surface area contributed by atoms with E-state index in [4.69, 9.17) is 14.5 Å². The molecule has 0 atom stereocenters. The molecule has 1 heterocycles. The van der Waals surface area contributed by atoms with E-state index in [0.717, 1.165) is 33.6 Å². The van der Waals surface area contributed by atoms with Crippen LogP contribution in [-0.2, 0) is 4.74 Å². The molecule has 0 saturated heterocycles. The number of benzene rings is 2. The van der Waals surface area contributed by atoms with Crippen LogP contribution in [0.4, 0.5) is 10.5 Å². The first kappa shape index (κ1) is 21.6. The Balaban J connectivity index is 1.82. The number of anilines is 1. The van der Waals surface area contributed by atoms with Crippen molar-refractivity contribution in [1.29, 1.82) is 0 Å². The Hall–Kier alpha value is -3.08. The highest BCUT2D eigenvalue weighted by Crippen LogP contribution is 2.27. The highest BCUT2D eigenvalue weighted by molar-refractivity contribution is 5.88. The van der Waals surface area contributed by atoms with Crippen LogP contribution in [0.25, 0.3) is 22.2 Å². The van der Waals surface area contributed by atoms with E-state index in [2.05, 4.69) is 6.07 Å². The molecule has 0 unspecified atom stereocenters. The number of carbonyl (C=O) groups is 1. The summed E-state index contributed by atoms with van der Waals surface area (Å²) in [7, 11) is 0. The van der Waals surface area contributed by atoms with Crippen LogP contribution in [0.3, 0.4) is 0 Å². The first-order valence-corrected chi connectivity index (χ1v) is 10.3. The Bertz CT molecular complexity index is 1020. The van der Waals surface area contributed by atoms with E-state index in [0.29, 0.717) is 6.54 Å². The SMILES string of the molecule is CCN(C(=O)OC(C)(C)C)c1ccc(-c2ccc3cc(OC(C)C)ccc3n2)cc1. The number of carbonyl (C=O) groups excluding carboxylic acids is 1. The quantitative estimate of drug-likeness (QED) is 0.488. The van der Waals surface area contributed by atoms with Crippen LogP contribution in [0.15, 0.2) is 54.6 Å². The molecule has 0 N–H and O–H groups in total. The van der Waals surface area contributed by atoms with Crippen molar-refractivity contribution in [2.45, 2.75) is 53.2 Å². The molecular formula is C25H30N2O3. The minimum absolute atomic E-state index is 0.136. The van der Waals surface area contributed by atoms with Gasteiger partial charge in [-0.25, -0.2) is 9.78 Å². The summed E-state index contributed by atoms with van der Waals surface area (Å²) in [6.07, 6.45) is -0.211. The fourth-order valence-electron chi connectivity index (χ4n) is 3.16. The molecule has 0 radical (unpaired) electrons. The van der Waals surface area contributed by atoms with Gasteiger partial charge < -0.3 is 9.47 Å². The molecule has 0 saturated carbocycles. The number of pyridine rings is 1. The molecule has 3 rings (SSSR count). The third-order valence-corrected chi connectivity index (χ3v) is 4.44. The minimum Gasteiger partial charge on any atom is -0.491 e. The predicted octanol–water partition coefficient (Wildman–Crippen LogP) is 6.45. The standard InChI is InChI=1S/C25H30N2O3/c1-7-27(24(28)30-25(4,5)6)20-11-8-18(9-12-20)22-14-10-19-16-21(29-17(2)3)13-15-23(19)26-22/h8-17H,7H2,1-6H3. The highest BCUT2D eigenvalue weighted by Gasteiger charge is 2.22. The van der Waals surface area contributed by atoms with E-state index in [1.165, 1.54) is 0 Å². The van der Waals surface area contributed by atoms with Crippen molar-refractivity contribution < 1.29 is 14.3 Å². The monoisotopic (exact) mass is 406 g/mol. The number of hydrogen-bond donors (Lipinski definition) is 0. The van der Waals surface area contributed by atoms with Gasteiger partial charge in [0.25, 0.3) is 0 Å². The Morgan fingerprint density at radius 1 is 1.03 bits per heavy atom. The Morgan fingerprint density at radius 2 is 1.73 bits per heavy atom. The van der Waals surface area contributed by atoms with Gasteiger partial charge in [0.2, 0.25) is 0 Å². The molecular weight excluding hydrogens is 376 g/mol. The van der Waals surface area contributed by atoms with Crippen LogP contribution in [0.2, 0.25) is 0 Å². The molecule has 0 aliphatic rings. The maximum Gasteiger partial charge on any atom is 0.414 e. The van der Waals surface area contributed by atoms with E-state index in [-0.39, 0.29) is 12.2 Å². The summed E-state index contributed by atoms with van der Waals surface area (Å²) in [6.45, 7) is 12.1. The van der Waals surface area contributed by atoms with Crippen molar-refractivity contribution in [3.05, 3.63) is 54.6 Å². The van der Waals surface area contributed by atoms with Gasteiger partial charge in [0, 0.05) is 23.2 Å². The second kappa shape index (κ2) is 8.74. The number of amides is 1. The largest absolute Gasteiger partial charge is 0.491 e. The minimum atomic E-state index is -0.528. The van der Waals surface area contributed by atoms with Crippen molar-refractivity contribution in [3.8, 4) is 17.0 Å². The van der Waals surface area contributed by atoms with Gasteiger partial charge in [-0.15, -0.1) is 0 Å². The molecule has 5 nitrogen and oxygen atoms in total. The lowest BCUT2D eigenvalue weighted by atomic mass is 10.1. The van der Waals surface area contributed by atoms with Crippen LogP contribution < -0.4 is 9.64 Å². The molecule has 0 aliphatic carbocycles. The van der Waals surface area contributed by atoms with Crippen molar-refractivity contribution in [2.75, 3.05) is 11.4 Å². The molecule has 0 bridgehead atoms. The van der Waals surface area contributed by atoms with Gasteiger partial charge >= 0.3 is 6.09 Å². The number of nitrogens with zero attached hydrogens (tertiary/aromatic N) is 2. The number of aromatic nitrogens is 1. The van der Waals surface area contributed by atoms with Gasteiger partial charge in [0.1, 0.15) is 11.4 Å². The van der Waals surface area contributed by atoms with Crippen LogP contribution in [0.5, 0.6) is 5.75 Å². The van der Waals surface area contributed by atoms with E-state index in [1.54, 1.807) is 4.90 Å². The normalized spacial score (nSPS) is 11.6. The summed E-state index contributed by atoms with van der Waals surface area (Å²) in [5, 5.41) is 1.04. The molecule has 0 spiro atoms. The summed E-state index contributed by atoms with van der Waals surface area (Å²) in [6, 6.07) is 17.8. The lowest BCUT2D eigenvalue weighted by Crippen LogP contribution is -2.36. The maximum atomic E-state index is 12.5. The molecule has 0 aliphatic heterocycles. The van der Waals surface area contributed by atoms with E-state index in [1.807, 2.05) is 90.1 Å². The molecule has 1 amide bonds. The Labute approximate surface area is 178 Å². The number of rotatable bonds is 5. The molecule has 1 aromatic heterocycles. The maximum absolute atomic E-state index is 12.5. The lowest BCUT2D eigenvalue weighted by molar-refractivity contribution is 0.0582. The number of ether oxygens (including phenoxy) is 2. The Morgan fingerprint density at radius 3 is 2.33 bits per heavy atom. The summed E-state index contributed by atoms with van der Waals surface area (Å²) in [4.78, 5) is 18.9. The summed E-state index contributed by atoms with van der Waals surface area (Å²) in [5.74, 6) is 0.846. The number of fused-ring (bicyclic) bond motifs is 1. The average molecular weight is 407 g/mol. The predicted molar refractivity (Wildman–Crippen MR) is 122 cm³/mol. The fourth-order valence-corrected chi connectivity index (χ4v) is 3.16. The molecule has 3 aromatic rings. The van der Waals surface area contributed by atoms with Crippen molar-refractivity contribution >= 4 is 22.7 Å². The fraction of sp³-hybridized carbons (Fsp3) is 0.360. The first-order chi connectivity index (χ1) is 14.2. The topological polar surface area (TPSA) is 51.7 Å². The molecule has 30 heavy (non-hydrogen) atoms. The zero-order valence-corrected chi connectivity index (χ0v) is 18.6. The summed E-state index contributed by atoms with van der Waals surface area (Å²) < 4.78 is 11.3. The zero-order chi connectivity index (χ0) is 21.9. The zero-order valence-electron chi connectivity index (χ0n) is 18.6. The second-order valence-electron chi connectivity index (χ2n) is 8.49. The van der Waals surface area contributed by atoms with Crippen molar-refractivity contribution in [3.63, 3.8) is 0 Å². The van der Waals surface area contributed by atoms with E-state index < -0.39 is 5.60 Å². The van der Waals surface area contributed by atoms with Crippen molar-refractivity contribution in [2.24, 2.45) is 0 Å². The third kappa shape index (κ3) is 5.29. The Kier molecular flexibility index (Phi) is 6.30. The van der Waals surface area contributed by atoms with Gasteiger partial charge in [0.05, 0.1) is 17.3 Å².